The maximum Gasteiger partial charge on any atom is 0.433 e. The zero-order valence-corrected chi connectivity index (χ0v) is 16.7. The van der Waals surface area contributed by atoms with Gasteiger partial charge >= 0.3 is 12.4 Å². The molecule has 174 valence electrons. The molecule has 1 aliphatic rings. The summed E-state index contributed by atoms with van der Waals surface area (Å²) < 4.78 is 92.0. The summed E-state index contributed by atoms with van der Waals surface area (Å²) >= 11 is 0. The van der Waals surface area contributed by atoms with Gasteiger partial charge in [0.1, 0.15) is 22.8 Å². The van der Waals surface area contributed by atoms with Gasteiger partial charge in [0.25, 0.3) is 0 Å². The molecule has 1 fully saturated rings. The van der Waals surface area contributed by atoms with E-state index in [1.165, 1.54) is 24.0 Å². The smallest absolute Gasteiger partial charge is 0.334 e. The van der Waals surface area contributed by atoms with Crippen LogP contribution in [0.25, 0.3) is 11.5 Å². The van der Waals surface area contributed by atoms with Crippen LogP contribution in [0.15, 0.2) is 36.5 Å². The van der Waals surface area contributed by atoms with Gasteiger partial charge in [-0.3, -0.25) is 4.98 Å². The van der Waals surface area contributed by atoms with Gasteiger partial charge in [0, 0.05) is 11.9 Å². The Balaban J connectivity index is 1.73. The number of nitrogens with one attached hydrogen (secondary N) is 1. The van der Waals surface area contributed by atoms with Crippen LogP contribution in [0.4, 0.5) is 48.3 Å². The van der Waals surface area contributed by atoms with Gasteiger partial charge in [-0.05, 0) is 31.2 Å². The van der Waals surface area contributed by atoms with Crippen LogP contribution in [-0.2, 0) is 12.4 Å². The molecule has 0 atom stereocenters. The third-order valence-corrected chi connectivity index (χ3v) is 4.52. The minimum absolute atomic E-state index is 0.0677. The molecule has 0 unspecified atom stereocenters. The van der Waals surface area contributed by atoms with Crippen LogP contribution in [0.3, 0.4) is 0 Å². The van der Waals surface area contributed by atoms with Crippen LogP contribution in [0.5, 0.6) is 0 Å². The number of alkyl halides is 7. The summed E-state index contributed by atoms with van der Waals surface area (Å²) in [7, 11) is 0. The van der Waals surface area contributed by atoms with E-state index in [0.717, 1.165) is 18.3 Å². The number of hydrogen-bond acceptors (Lipinski definition) is 7. The average molecular weight is 473 g/mol. The summed E-state index contributed by atoms with van der Waals surface area (Å²) in [6.45, 7) is 1.19. The summed E-state index contributed by atoms with van der Waals surface area (Å²) in [5.74, 6) is -0.603. The highest BCUT2D eigenvalue weighted by Crippen LogP contribution is 2.33. The van der Waals surface area contributed by atoms with Crippen molar-refractivity contribution in [3.63, 3.8) is 0 Å². The zero-order chi connectivity index (χ0) is 24.0. The third kappa shape index (κ3) is 5.09. The highest BCUT2D eigenvalue weighted by molar-refractivity contribution is 5.60. The predicted octanol–water partition coefficient (Wildman–Crippen LogP) is 4.66. The van der Waals surface area contributed by atoms with Crippen LogP contribution in [-0.4, -0.2) is 43.7 Å². The van der Waals surface area contributed by atoms with E-state index in [9.17, 15) is 30.7 Å². The van der Waals surface area contributed by atoms with Crippen LogP contribution in [0.1, 0.15) is 18.3 Å². The maximum absolute atomic E-state index is 14.0. The van der Waals surface area contributed by atoms with Crippen LogP contribution < -0.4 is 10.2 Å². The van der Waals surface area contributed by atoms with Crippen molar-refractivity contribution in [2.75, 3.05) is 23.3 Å². The molecule has 0 aliphatic carbocycles. The molecule has 0 amide bonds. The molecule has 7 nitrogen and oxygen atoms in total. The molecule has 1 N–H and O–H groups in total. The second kappa shape index (κ2) is 7.78. The van der Waals surface area contributed by atoms with Gasteiger partial charge in [0.05, 0.1) is 13.1 Å². The van der Waals surface area contributed by atoms with Gasteiger partial charge in [0.2, 0.25) is 11.9 Å². The fraction of sp³-hybridized carbons (Fsp3) is 0.316. The van der Waals surface area contributed by atoms with Crippen LogP contribution in [0.2, 0.25) is 0 Å². The number of rotatable bonds is 4. The van der Waals surface area contributed by atoms with Crippen molar-refractivity contribution in [1.29, 1.82) is 0 Å². The Hall–Kier alpha value is -3.58. The van der Waals surface area contributed by atoms with E-state index in [0.29, 0.717) is 6.07 Å². The van der Waals surface area contributed by atoms with E-state index in [2.05, 4.69) is 30.2 Å². The highest BCUT2D eigenvalue weighted by atomic mass is 19.4. The molecule has 0 saturated carbocycles. The molecular formula is C19H14F7N7. The fourth-order valence-corrected chi connectivity index (χ4v) is 3.08. The van der Waals surface area contributed by atoms with Gasteiger partial charge in [0.15, 0.2) is 5.82 Å². The molecule has 0 bridgehead atoms. The van der Waals surface area contributed by atoms with E-state index < -0.39 is 29.4 Å². The molecule has 0 aromatic carbocycles. The van der Waals surface area contributed by atoms with Crippen molar-refractivity contribution in [1.82, 2.24) is 24.9 Å². The van der Waals surface area contributed by atoms with Crippen LogP contribution in [0, 0.1) is 0 Å². The molecule has 0 radical (unpaired) electrons. The highest BCUT2D eigenvalue weighted by Gasteiger charge is 2.41. The van der Waals surface area contributed by atoms with Gasteiger partial charge < -0.3 is 10.2 Å². The Morgan fingerprint density at radius 2 is 1.61 bits per heavy atom. The quantitative estimate of drug-likeness (QED) is 0.553. The van der Waals surface area contributed by atoms with Gasteiger partial charge in [-0.1, -0.05) is 6.07 Å². The number of anilines is 3. The van der Waals surface area contributed by atoms with Crippen molar-refractivity contribution in [2.45, 2.75) is 24.9 Å². The number of pyridine rings is 2. The van der Waals surface area contributed by atoms with Crippen LogP contribution >= 0.6 is 0 Å². The summed E-state index contributed by atoms with van der Waals surface area (Å²) in [5.41, 5.74) is -4.18. The lowest BCUT2D eigenvalue weighted by Gasteiger charge is -2.42. The Morgan fingerprint density at radius 3 is 2.24 bits per heavy atom. The van der Waals surface area contributed by atoms with Crippen molar-refractivity contribution in [3.8, 4) is 11.5 Å². The number of aromatic nitrogens is 5. The zero-order valence-electron chi connectivity index (χ0n) is 16.7. The first-order chi connectivity index (χ1) is 15.3. The summed E-state index contributed by atoms with van der Waals surface area (Å²) in [5, 5.41) is 2.56. The van der Waals surface area contributed by atoms with E-state index in [-0.39, 0.29) is 42.2 Å². The number of halogens is 7. The van der Waals surface area contributed by atoms with Crippen molar-refractivity contribution < 1.29 is 30.7 Å². The second-order valence-corrected chi connectivity index (χ2v) is 7.51. The standard InChI is InChI=1S/C19H14F7N7/c1-17(20)8-33(9-17)16-31-14(11-3-2-4-12(29-11)18(21,22)23)30-15(32-16)28-10-5-6-27-13(7-10)19(24,25)26/h2-7H,8-9H2,1H3,(H,27,28,30,31,32). The molecule has 14 heteroatoms. The van der Waals surface area contributed by atoms with Crippen molar-refractivity contribution in [2.24, 2.45) is 0 Å². The first kappa shape index (κ1) is 22.6. The minimum Gasteiger partial charge on any atom is -0.334 e. The molecule has 1 saturated heterocycles. The molecule has 3 aromatic rings. The molecule has 4 rings (SSSR count). The lowest BCUT2D eigenvalue weighted by Crippen LogP contribution is -2.57. The molecule has 0 spiro atoms. The largest absolute Gasteiger partial charge is 0.433 e. The predicted molar refractivity (Wildman–Crippen MR) is 102 cm³/mol. The van der Waals surface area contributed by atoms with Crippen molar-refractivity contribution in [3.05, 3.63) is 47.9 Å². The second-order valence-electron chi connectivity index (χ2n) is 7.51. The first-order valence-electron chi connectivity index (χ1n) is 9.35. The lowest BCUT2D eigenvalue weighted by atomic mass is 10.00. The van der Waals surface area contributed by atoms with E-state index >= 15 is 0 Å². The summed E-state index contributed by atoms with van der Waals surface area (Å²) in [4.78, 5) is 20.4. The van der Waals surface area contributed by atoms with E-state index in [4.69, 9.17) is 0 Å². The Kier molecular flexibility index (Phi) is 5.33. The summed E-state index contributed by atoms with van der Waals surface area (Å²) in [6.07, 6.45) is -8.49. The average Bonchev–Trinajstić information content (AvgIpc) is 2.71. The molecule has 33 heavy (non-hydrogen) atoms. The monoisotopic (exact) mass is 473 g/mol. The molecule has 4 heterocycles. The molecular weight excluding hydrogens is 459 g/mol. The minimum atomic E-state index is -4.72. The van der Waals surface area contributed by atoms with Gasteiger partial charge in [-0.15, -0.1) is 0 Å². The molecule has 3 aromatic heterocycles. The van der Waals surface area contributed by atoms with Gasteiger partial charge in [-0.25, -0.2) is 9.37 Å². The number of nitrogens with zero attached hydrogens (tertiary/aromatic N) is 6. The third-order valence-electron chi connectivity index (χ3n) is 4.52. The first-order valence-corrected chi connectivity index (χ1v) is 9.35. The lowest BCUT2D eigenvalue weighted by molar-refractivity contribution is -0.141. The maximum atomic E-state index is 14.0. The number of hydrogen-bond donors (Lipinski definition) is 1. The Labute approximate surface area is 181 Å². The normalized spacial score (nSPS) is 15.8. The summed E-state index contributed by atoms with van der Waals surface area (Å²) in [6, 6.07) is 5.06. The van der Waals surface area contributed by atoms with E-state index in [1.54, 1.807) is 0 Å². The molecule has 1 aliphatic heterocycles. The van der Waals surface area contributed by atoms with E-state index in [1.807, 2.05) is 0 Å². The Morgan fingerprint density at radius 1 is 0.909 bits per heavy atom. The van der Waals surface area contributed by atoms with Gasteiger partial charge in [-0.2, -0.15) is 41.3 Å². The SMILES string of the molecule is CC1(F)CN(c2nc(Nc3ccnc(C(F)(F)F)c3)nc(-c3cccc(C(F)(F)F)n3)n2)C1. The fourth-order valence-electron chi connectivity index (χ4n) is 3.08. The topological polar surface area (TPSA) is 79.7 Å². The van der Waals surface area contributed by atoms with Crippen molar-refractivity contribution >= 4 is 17.6 Å². The Bertz CT molecular complexity index is 1170.